The lowest BCUT2D eigenvalue weighted by Gasteiger charge is -2.18. The number of fused-ring (bicyclic) bond motifs is 1. The number of benzene rings is 1. The van der Waals surface area contributed by atoms with Crippen molar-refractivity contribution in [3.05, 3.63) is 36.0 Å². The van der Waals surface area contributed by atoms with Crippen LogP contribution in [-0.2, 0) is 6.54 Å². The molecule has 1 heterocycles. The normalized spacial score (nSPS) is 11.9. The van der Waals surface area contributed by atoms with Crippen LogP contribution in [0.1, 0.15) is 37.6 Å². The fourth-order valence-corrected chi connectivity index (χ4v) is 1.93. The first-order valence-electron chi connectivity index (χ1n) is 6.04. The van der Waals surface area contributed by atoms with Crippen LogP contribution < -0.4 is 0 Å². The minimum Gasteiger partial charge on any atom is -0.347 e. The number of carbonyl (C=O) groups is 1. The number of hydrogen-bond acceptors (Lipinski definition) is 1. The van der Waals surface area contributed by atoms with Crippen molar-refractivity contribution in [2.75, 3.05) is 0 Å². The van der Waals surface area contributed by atoms with Gasteiger partial charge in [0.1, 0.15) is 6.29 Å². The fourth-order valence-electron chi connectivity index (χ4n) is 1.93. The van der Waals surface area contributed by atoms with E-state index in [1.165, 1.54) is 5.39 Å². The van der Waals surface area contributed by atoms with Gasteiger partial charge in [0.05, 0.1) is 0 Å². The third kappa shape index (κ3) is 2.76. The minimum atomic E-state index is 0.332. The molecule has 0 amide bonds. The SMILES string of the molecule is CC(C)(C)CCn1ccc2ccc(C=O)cc21. The second-order valence-corrected chi connectivity index (χ2v) is 5.76. The molecule has 1 aromatic heterocycles. The van der Waals surface area contributed by atoms with Crippen molar-refractivity contribution < 1.29 is 4.79 Å². The standard InChI is InChI=1S/C15H19NO/c1-15(2,3)7-9-16-8-6-13-5-4-12(11-17)10-14(13)16/h4-6,8,10-11H,7,9H2,1-3H3. The summed E-state index contributed by atoms with van der Waals surface area (Å²) in [7, 11) is 0. The topological polar surface area (TPSA) is 22.0 Å². The van der Waals surface area contributed by atoms with E-state index < -0.39 is 0 Å². The lowest BCUT2D eigenvalue weighted by molar-refractivity contribution is 0.112. The lowest BCUT2D eigenvalue weighted by Crippen LogP contribution is -2.09. The average molecular weight is 229 g/mol. The number of aryl methyl sites for hydroxylation is 1. The van der Waals surface area contributed by atoms with Crippen molar-refractivity contribution in [3.8, 4) is 0 Å². The molecule has 1 aromatic carbocycles. The lowest BCUT2D eigenvalue weighted by atomic mass is 9.92. The predicted molar refractivity (Wildman–Crippen MR) is 71.4 cm³/mol. The Hall–Kier alpha value is -1.57. The van der Waals surface area contributed by atoms with Gasteiger partial charge in [0.2, 0.25) is 0 Å². The van der Waals surface area contributed by atoms with E-state index in [9.17, 15) is 4.79 Å². The van der Waals surface area contributed by atoms with Gasteiger partial charge in [-0.25, -0.2) is 0 Å². The summed E-state index contributed by atoms with van der Waals surface area (Å²) in [5.74, 6) is 0. The molecule has 0 aliphatic heterocycles. The van der Waals surface area contributed by atoms with Crippen LogP contribution in [-0.4, -0.2) is 10.9 Å². The second-order valence-electron chi connectivity index (χ2n) is 5.76. The van der Waals surface area contributed by atoms with Crippen LogP contribution in [0.25, 0.3) is 10.9 Å². The molecule has 17 heavy (non-hydrogen) atoms. The summed E-state index contributed by atoms with van der Waals surface area (Å²) >= 11 is 0. The Morgan fingerprint density at radius 3 is 2.65 bits per heavy atom. The molecule has 0 fully saturated rings. The van der Waals surface area contributed by atoms with Gasteiger partial charge in [-0.3, -0.25) is 4.79 Å². The molecule has 0 N–H and O–H groups in total. The van der Waals surface area contributed by atoms with E-state index >= 15 is 0 Å². The van der Waals surface area contributed by atoms with Crippen molar-refractivity contribution >= 4 is 17.2 Å². The molecular weight excluding hydrogens is 210 g/mol. The highest BCUT2D eigenvalue weighted by Gasteiger charge is 2.11. The molecular formula is C15H19NO. The molecule has 0 unspecified atom stereocenters. The summed E-state index contributed by atoms with van der Waals surface area (Å²) in [5, 5.41) is 1.20. The molecule has 2 heteroatoms. The van der Waals surface area contributed by atoms with E-state index in [0.29, 0.717) is 5.41 Å². The maximum atomic E-state index is 10.8. The number of rotatable bonds is 3. The van der Waals surface area contributed by atoms with Gasteiger partial charge >= 0.3 is 0 Å². The molecule has 0 aliphatic rings. The van der Waals surface area contributed by atoms with Crippen LogP contribution in [0.3, 0.4) is 0 Å². The summed E-state index contributed by atoms with van der Waals surface area (Å²) in [5.41, 5.74) is 2.23. The highest BCUT2D eigenvalue weighted by molar-refractivity contribution is 5.87. The largest absolute Gasteiger partial charge is 0.347 e. The summed E-state index contributed by atoms with van der Waals surface area (Å²) in [6.07, 6.45) is 4.13. The van der Waals surface area contributed by atoms with Gasteiger partial charge in [-0.05, 0) is 29.4 Å². The van der Waals surface area contributed by atoms with E-state index in [2.05, 4.69) is 37.6 Å². The van der Waals surface area contributed by atoms with Gasteiger partial charge in [-0.1, -0.05) is 32.9 Å². The van der Waals surface area contributed by atoms with Crippen LogP contribution in [0.4, 0.5) is 0 Å². The van der Waals surface area contributed by atoms with E-state index in [1.807, 2.05) is 18.2 Å². The molecule has 0 bridgehead atoms. The van der Waals surface area contributed by atoms with E-state index in [4.69, 9.17) is 0 Å². The molecule has 0 spiro atoms. The first kappa shape index (κ1) is 11.9. The maximum absolute atomic E-state index is 10.8. The molecule has 2 rings (SSSR count). The average Bonchev–Trinajstić information content (AvgIpc) is 2.67. The van der Waals surface area contributed by atoms with Crippen molar-refractivity contribution in [1.82, 2.24) is 4.57 Å². The Bertz CT molecular complexity index is 531. The number of nitrogens with zero attached hydrogens (tertiary/aromatic N) is 1. The molecule has 0 saturated carbocycles. The van der Waals surface area contributed by atoms with Gasteiger partial charge in [0.25, 0.3) is 0 Å². The molecule has 90 valence electrons. The Labute approximate surface area is 102 Å². The van der Waals surface area contributed by atoms with Crippen LogP contribution in [0.15, 0.2) is 30.5 Å². The Balaban J connectivity index is 2.31. The molecule has 0 atom stereocenters. The Morgan fingerprint density at radius 2 is 2.00 bits per heavy atom. The molecule has 0 radical (unpaired) electrons. The molecule has 0 aliphatic carbocycles. The summed E-state index contributed by atoms with van der Waals surface area (Å²) < 4.78 is 2.23. The van der Waals surface area contributed by atoms with Crippen molar-refractivity contribution in [3.63, 3.8) is 0 Å². The van der Waals surface area contributed by atoms with Crippen LogP contribution in [0.5, 0.6) is 0 Å². The third-order valence-corrected chi connectivity index (χ3v) is 3.04. The monoisotopic (exact) mass is 229 g/mol. The third-order valence-electron chi connectivity index (χ3n) is 3.04. The first-order valence-corrected chi connectivity index (χ1v) is 6.04. The van der Waals surface area contributed by atoms with E-state index in [0.717, 1.165) is 30.3 Å². The van der Waals surface area contributed by atoms with E-state index in [1.54, 1.807) is 0 Å². The summed E-state index contributed by atoms with van der Waals surface area (Å²) in [4.78, 5) is 10.8. The van der Waals surface area contributed by atoms with Crippen molar-refractivity contribution in [1.29, 1.82) is 0 Å². The highest BCUT2D eigenvalue weighted by Crippen LogP contribution is 2.22. The summed E-state index contributed by atoms with van der Waals surface area (Å²) in [6, 6.07) is 7.94. The van der Waals surface area contributed by atoms with Crippen molar-refractivity contribution in [2.24, 2.45) is 5.41 Å². The van der Waals surface area contributed by atoms with Gasteiger partial charge in [0.15, 0.2) is 0 Å². The zero-order valence-electron chi connectivity index (χ0n) is 10.7. The van der Waals surface area contributed by atoms with Gasteiger partial charge in [-0.2, -0.15) is 0 Å². The number of aromatic nitrogens is 1. The second kappa shape index (κ2) is 4.36. The zero-order valence-corrected chi connectivity index (χ0v) is 10.7. The van der Waals surface area contributed by atoms with Crippen molar-refractivity contribution in [2.45, 2.75) is 33.7 Å². The quantitative estimate of drug-likeness (QED) is 0.732. The predicted octanol–water partition coefficient (Wildman–Crippen LogP) is 3.89. The van der Waals surface area contributed by atoms with Crippen LogP contribution in [0, 0.1) is 5.41 Å². The first-order chi connectivity index (χ1) is 7.99. The number of carbonyl (C=O) groups excluding carboxylic acids is 1. The number of aldehydes is 1. The van der Waals surface area contributed by atoms with Gasteiger partial charge in [-0.15, -0.1) is 0 Å². The zero-order chi connectivity index (χ0) is 12.5. The van der Waals surface area contributed by atoms with Gasteiger partial charge in [0, 0.05) is 23.8 Å². The van der Waals surface area contributed by atoms with E-state index in [-0.39, 0.29) is 0 Å². The molecule has 2 nitrogen and oxygen atoms in total. The van der Waals surface area contributed by atoms with Gasteiger partial charge < -0.3 is 4.57 Å². The molecule has 2 aromatic rings. The van der Waals surface area contributed by atoms with Crippen LogP contribution in [0.2, 0.25) is 0 Å². The Morgan fingerprint density at radius 1 is 1.24 bits per heavy atom. The fraction of sp³-hybridized carbons (Fsp3) is 0.400. The Kier molecular flexibility index (Phi) is 3.05. The minimum absolute atomic E-state index is 0.332. The highest BCUT2D eigenvalue weighted by atomic mass is 16.1. The smallest absolute Gasteiger partial charge is 0.150 e. The maximum Gasteiger partial charge on any atom is 0.150 e. The number of hydrogen-bond donors (Lipinski definition) is 0. The molecule has 0 saturated heterocycles. The van der Waals surface area contributed by atoms with Crippen LogP contribution >= 0.6 is 0 Å². The summed E-state index contributed by atoms with van der Waals surface area (Å²) in [6.45, 7) is 7.73.